The Balaban J connectivity index is 1.96. The van der Waals surface area contributed by atoms with Gasteiger partial charge in [0.05, 0.1) is 10.6 Å². The molecule has 0 aliphatic heterocycles. The maximum Gasteiger partial charge on any atom is 0.252 e. The molecule has 1 aromatic rings. The van der Waals surface area contributed by atoms with Crippen LogP contribution in [0.2, 0.25) is 5.02 Å². The third-order valence-electron chi connectivity index (χ3n) is 4.00. The zero-order valence-electron chi connectivity index (χ0n) is 11.2. The lowest BCUT2D eigenvalue weighted by molar-refractivity contribution is 0.0909. The van der Waals surface area contributed by atoms with Gasteiger partial charge in [-0.15, -0.1) is 0 Å². The van der Waals surface area contributed by atoms with Crippen molar-refractivity contribution in [1.29, 1.82) is 0 Å². The summed E-state index contributed by atoms with van der Waals surface area (Å²) in [4.78, 5) is 12.2. The van der Waals surface area contributed by atoms with Crippen LogP contribution in [0, 0.1) is 11.8 Å². The average Bonchev–Trinajstić information content (AvgIpc) is 2.47. The number of halogens is 2. The topological polar surface area (TPSA) is 49.3 Å². The summed E-state index contributed by atoms with van der Waals surface area (Å²) in [5.41, 5.74) is 0.484. The molecule has 1 fully saturated rings. The van der Waals surface area contributed by atoms with Crippen LogP contribution >= 0.6 is 27.5 Å². The van der Waals surface area contributed by atoms with Gasteiger partial charge < -0.3 is 10.4 Å². The molecule has 1 saturated carbocycles. The zero-order valence-corrected chi connectivity index (χ0v) is 13.6. The standard InChI is InChI=1S/C15H19BrClNO2/c16-12-5-6-14(17)13(7-12)15(20)18-8-10-3-1-2-4-11(10)9-19/h5-7,10-11,19H,1-4,8-9H2,(H,18,20). The van der Waals surface area contributed by atoms with Crippen LogP contribution in [0.1, 0.15) is 36.0 Å². The van der Waals surface area contributed by atoms with Crippen LogP contribution in [0.15, 0.2) is 22.7 Å². The van der Waals surface area contributed by atoms with Gasteiger partial charge in [0.2, 0.25) is 0 Å². The van der Waals surface area contributed by atoms with E-state index in [1.54, 1.807) is 12.1 Å². The van der Waals surface area contributed by atoms with Crippen molar-refractivity contribution >= 4 is 33.4 Å². The van der Waals surface area contributed by atoms with Crippen LogP contribution in [0.4, 0.5) is 0 Å². The molecule has 3 nitrogen and oxygen atoms in total. The van der Waals surface area contributed by atoms with E-state index in [9.17, 15) is 9.90 Å². The van der Waals surface area contributed by atoms with Gasteiger partial charge in [0, 0.05) is 17.6 Å². The molecule has 2 atom stereocenters. The van der Waals surface area contributed by atoms with Gasteiger partial charge in [-0.25, -0.2) is 0 Å². The highest BCUT2D eigenvalue weighted by Gasteiger charge is 2.25. The Kier molecular flexibility index (Phi) is 5.87. The number of carbonyl (C=O) groups excluding carboxylic acids is 1. The molecule has 0 aromatic heterocycles. The van der Waals surface area contributed by atoms with Gasteiger partial charge in [0.1, 0.15) is 0 Å². The predicted molar refractivity (Wildman–Crippen MR) is 84.0 cm³/mol. The first kappa shape index (κ1) is 15.8. The van der Waals surface area contributed by atoms with E-state index in [-0.39, 0.29) is 12.5 Å². The minimum absolute atomic E-state index is 0.154. The first-order valence-electron chi connectivity index (χ1n) is 6.96. The van der Waals surface area contributed by atoms with Gasteiger partial charge in [0.25, 0.3) is 5.91 Å². The molecular weight excluding hydrogens is 342 g/mol. The number of benzene rings is 1. The molecule has 0 spiro atoms. The normalized spacial score (nSPS) is 22.6. The molecule has 1 aliphatic rings. The summed E-state index contributed by atoms with van der Waals surface area (Å²) in [6.07, 6.45) is 4.47. The maximum absolute atomic E-state index is 12.2. The Morgan fingerprint density at radius 1 is 1.35 bits per heavy atom. The quantitative estimate of drug-likeness (QED) is 0.861. The predicted octanol–water partition coefficient (Wildman–Crippen LogP) is 3.63. The van der Waals surface area contributed by atoms with Crippen molar-refractivity contribution in [2.24, 2.45) is 11.8 Å². The highest BCUT2D eigenvalue weighted by atomic mass is 79.9. The fourth-order valence-corrected chi connectivity index (χ4v) is 3.35. The minimum Gasteiger partial charge on any atom is -0.396 e. The molecule has 1 amide bonds. The maximum atomic E-state index is 12.2. The summed E-state index contributed by atoms with van der Waals surface area (Å²) in [5, 5.41) is 12.8. The third kappa shape index (κ3) is 3.96. The molecule has 5 heteroatoms. The number of rotatable bonds is 4. The fourth-order valence-electron chi connectivity index (χ4n) is 2.78. The van der Waals surface area contributed by atoms with Crippen LogP contribution in [-0.4, -0.2) is 24.2 Å². The lowest BCUT2D eigenvalue weighted by Gasteiger charge is -2.30. The molecule has 2 N–H and O–H groups in total. The van der Waals surface area contributed by atoms with E-state index < -0.39 is 0 Å². The van der Waals surface area contributed by atoms with E-state index in [1.165, 1.54) is 12.8 Å². The molecule has 2 rings (SSSR count). The van der Waals surface area contributed by atoms with Gasteiger partial charge in [0.15, 0.2) is 0 Å². The van der Waals surface area contributed by atoms with E-state index >= 15 is 0 Å². The summed E-state index contributed by atoms with van der Waals surface area (Å²) < 4.78 is 0.831. The first-order valence-corrected chi connectivity index (χ1v) is 8.13. The molecule has 1 aromatic carbocycles. The summed E-state index contributed by atoms with van der Waals surface area (Å²) in [7, 11) is 0. The number of carbonyl (C=O) groups is 1. The van der Waals surface area contributed by atoms with Gasteiger partial charge >= 0.3 is 0 Å². The van der Waals surface area contributed by atoms with Crippen molar-refractivity contribution in [3.63, 3.8) is 0 Å². The lowest BCUT2D eigenvalue weighted by atomic mass is 9.79. The number of amides is 1. The smallest absolute Gasteiger partial charge is 0.252 e. The van der Waals surface area contributed by atoms with E-state index in [2.05, 4.69) is 21.2 Å². The number of hydrogen-bond donors (Lipinski definition) is 2. The van der Waals surface area contributed by atoms with Crippen molar-refractivity contribution in [2.45, 2.75) is 25.7 Å². The Morgan fingerprint density at radius 2 is 2.05 bits per heavy atom. The third-order valence-corrected chi connectivity index (χ3v) is 4.82. The van der Waals surface area contributed by atoms with Crippen molar-refractivity contribution in [1.82, 2.24) is 5.32 Å². The molecule has 0 radical (unpaired) electrons. The second-order valence-corrected chi connectivity index (χ2v) is 6.64. The van der Waals surface area contributed by atoms with Crippen LogP contribution in [0.3, 0.4) is 0 Å². The van der Waals surface area contributed by atoms with Gasteiger partial charge in [-0.2, -0.15) is 0 Å². The lowest BCUT2D eigenvalue weighted by Crippen LogP contribution is -2.35. The summed E-state index contributed by atoms with van der Waals surface area (Å²) in [5.74, 6) is 0.518. The van der Waals surface area contributed by atoms with E-state index in [1.807, 2.05) is 6.07 Å². The van der Waals surface area contributed by atoms with Crippen molar-refractivity contribution in [3.05, 3.63) is 33.3 Å². The number of hydrogen-bond acceptors (Lipinski definition) is 2. The van der Waals surface area contributed by atoms with Crippen molar-refractivity contribution in [3.8, 4) is 0 Å². The summed E-state index contributed by atoms with van der Waals surface area (Å²) in [6.45, 7) is 0.811. The van der Waals surface area contributed by atoms with Gasteiger partial charge in [-0.1, -0.05) is 40.4 Å². The Morgan fingerprint density at radius 3 is 2.75 bits per heavy atom. The second-order valence-electron chi connectivity index (χ2n) is 5.32. The van der Waals surface area contributed by atoms with E-state index in [0.29, 0.717) is 29.0 Å². The molecular formula is C15H19BrClNO2. The Labute approximate surface area is 132 Å². The largest absolute Gasteiger partial charge is 0.396 e. The van der Waals surface area contributed by atoms with Gasteiger partial charge in [-0.05, 0) is 42.9 Å². The molecule has 110 valence electrons. The van der Waals surface area contributed by atoms with E-state index in [4.69, 9.17) is 11.6 Å². The molecule has 2 unspecified atom stereocenters. The molecule has 1 aliphatic carbocycles. The number of aliphatic hydroxyl groups excluding tert-OH is 1. The van der Waals surface area contributed by atoms with Crippen LogP contribution < -0.4 is 5.32 Å². The Hall–Kier alpha value is -0.580. The van der Waals surface area contributed by atoms with E-state index in [0.717, 1.165) is 17.3 Å². The Bertz CT molecular complexity index is 481. The highest BCUT2D eigenvalue weighted by Crippen LogP contribution is 2.29. The fraction of sp³-hybridized carbons (Fsp3) is 0.533. The summed E-state index contributed by atoms with van der Waals surface area (Å²) in [6, 6.07) is 5.24. The zero-order chi connectivity index (χ0) is 14.5. The van der Waals surface area contributed by atoms with Crippen LogP contribution in [-0.2, 0) is 0 Å². The van der Waals surface area contributed by atoms with Crippen LogP contribution in [0.25, 0.3) is 0 Å². The second kappa shape index (κ2) is 7.43. The van der Waals surface area contributed by atoms with Crippen molar-refractivity contribution < 1.29 is 9.90 Å². The SMILES string of the molecule is O=C(NCC1CCCCC1CO)c1cc(Br)ccc1Cl. The average molecular weight is 361 g/mol. The monoisotopic (exact) mass is 359 g/mol. The summed E-state index contributed by atoms with van der Waals surface area (Å²) >= 11 is 9.39. The van der Waals surface area contributed by atoms with Crippen LogP contribution in [0.5, 0.6) is 0 Å². The number of aliphatic hydroxyl groups is 1. The highest BCUT2D eigenvalue weighted by molar-refractivity contribution is 9.10. The first-order chi connectivity index (χ1) is 9.61. The number of nitrogens with one attached hydrogen (secondary N) is 1. The molecule has 0 bridgehead atoms. The molecule has 0 heterocycles. The molecule has 20 heavy (non-hydrogen) atoms. The van der Waals surface area contributed by atoms with Gasteiger partial charge in [-0.3, -0.25) is 4.79 Å². The minimum atomic E-state index is -0.154. The molecule has 0 saturated heterocycles. The van der Waals surface area contributed by atoms with Crippen molar-refractivity contribution in [2.75, 3.05) is 13.2 Å².